The van der Waals surface area contributed by atoms with Crippen molar-refractivity contribution in [2.75, 3.05) is 12.8 Å². The molecule has 3 rings (SSSR count). The number of methoxy groups -OCH3 is 1. The zero-order chi connectivity index (χ0) is 15.7. The average Bonchev–Trinajstić information content (AvgIpc) is 2.85. The topological polar surface area (TPSA) is 53.1 Å². The van der Waals surface area contributed by atoms with Crippen molar-refractivity contribution in [1.29, 1.82) is 0 Å². The van der Waals surface area contributed by atoms with Gasteiger partial charge in [-0.25, -0.2) is 4.98 Å². The predicted molar refractivity (Wildman–Crippen MR) is 91.0 cm³/mol. The van der Waals surface area contributed by atoms with Crippen LogP contribution < -0.4 is 10.5 Å². The quantitative estimate of drug-likeness (QED) is 0.741. The number of anilines is 1. The number of ether oxygens (including phenoxy) is 1. The summed E-state index contributed by atoms with van der Waals surface area (Å²) in [6.45, 7) is 5.34. The summed E-state index contributed by atoms with van der Waals surface area (Å²) in [7, 11) is 1.67. The zero-order valence-electron chi connectivity index (χ0n) is 13.2. The molecule has 0 saturated carbocycles. The summed E-state index contributed by atoms with van der Waals surface area (Å²) in [4.78, 5) is 4.82. The van der Waals surface area contributed by atoms with E-state index in [1.807, 2.05) is 36.4 Å². The molecule has 1 heterocycles. The Morgan fingerprint density at radius 1 is 1.14 bits per heavy atom. The van der Waals surface area contributed by atoms with Crippen molar-refractivity contribution in [1.82, 2.24) is 9.55 Å². The van der Waals surface area contributed by atoms with Crippen molar-refractivity contribution in [3.63, 3.8) is 0 Å². The van der Waals surface area contributed by atoms with Gasteiger partial charge in [0.1, 0.15) is 11.6 Å². The third kappa shape index (κ3) is 2.64. The van der Waals surface area contributed by atoms with E-state index in [1.165, 1.54) is 0 Å². The van der Waals surface area contributed by atoms with Crippen LogP contribution in [0.5, 0.6) is 5.75 Å². The molecular weight excluding hydrogens is 274 g/mol. The summed E-state index contributed by atoms with van der Waals surface area (Å²) < 4.78 is 7.58. The van der Waals surface area contributed by atoms with E-state index in [0.717, 1.165) is 40.4 Å². The first-order valence-corrected chi connectivity index (χ1v) is 7.48. The molecule has 2 N–H and O–H groups in total. The van der Waals surface area contributed by atoms with Crippen LogP contribution >= 0.6 is 0 Å². The summed E-state index contributed by atoms with van der Waals surface area (Å²) in [5.74, 6) is 2.33. The maximum absolute atomic E-state index is 5.79. The molecule has 0 bridgehead atoms. The first kappa shape index (κ1) is 14.4. The second-order valence-electron chi connectivity index (χ2n) is 5.92. The Hall–Kier alpha value is -2.49. The molecule has 4 heteroatoms. The first-order valence-electron chi connectivity index (χ1n) is 7.48. The molecule has 0 aliphatic carbocycles. The maximum atomic E-state index is 5.79. The lowest BCUT2D eigenvalue weighted by atomic mass is 10.1. The number of imidazole rings is 1. The number of nitrogens with zero attached hydrogens (tertiary/aromatic N) is 2. The van der Waals surface area contributed by atoms with E-state index < -0.39 is 0 Å². The monoisotopic (exact) mass is 295 g/mol. The van der Waals surface area contributed by atoms with E-state index in [4.69, 9.17) is 15.5 Å². The zero-order valence-corrected chi connectivity index (χ0v) is 13.2. The van der Waals surface area contributed by atoms with Crippen LogP contribution in [0, 0.1) is 5.92 Å². The van der Waals surface area contributed by atoms with E-state index in [0.29, 0.717) is 5.92 Å². The highest BCUT2D eigenvalue weighted by Crippen LogP contribution is 2.28. The van der Waals surface area contributed by atoms with Crippen LogP contribution in [0.3, 0.4) is 0 Å². The Kier molecular flexibility index (Phi) is 3.75. The van der Waals surface area contributed by atoms with E-state index in [-0.39, 0.29) is 0 Å². The summed E-state index contributed by atoms with van der Waals surface area (Å²) in [5.41, 5.74) is 9.70. The van der Waals surface area contributed by atoms with Crippen molar-refractivity contribution in [2.45, 2.75) is 20.4 Å². The third-order valence-electron chi connectivity index (χ3n) is 3.67. The highest BCUT2D eigenvalue weighted by Gasteiger charge is 2.14. The van der Waals surface area contributed by atoms with Crippen molar-refractivity contribution in [3.8, 4) is 17.1 Å². The molecule has 0 spiro atoms. The normalized spacial score (nSPS) is 11.3. The van der Waals surface area contributed by atoms with E-state index in [2.05, 4.69) is 24.5 Å². The fourth-order valence-corrected chi connectivity index (χ4v) is 2.64. The summed E-state index contributed by atoms with van der Waals surface area (Å²) in [5, 5.41) is 0. The minimum Gasteiger partial charge on any atom is -0.497 e. The molecule has 0 atom stereocenters. The van der Waals surface area contributed by atoms with Gasteiger partial charge in [-0.15, -0.1) is 0 Å². The van der Waals surface area contributed by atoms with Crippen LogP contribution in [0.2, 0.25) is 0 Å². The fraction of sp³-hybridized carbons (Fsp3) is 0.278. The van der Waals surface area contributed by atoms with Gasteiger partial charge in [-0.05, 0) is 42.3 Å². The number of aromatic nitrogens is 2. The Morgan fingerprint density at radius 3 is 2.50 bits per heavy atom. The van der Waals surface area contributed by atoms with Gasteiger partial charge in [-0.3, -0.25) is 0 Å². The Labute approximate surface area is 130 Å². The summed E-state index contributed by atoms with van der Waals surface area (Å²) in [6.07, 6.45) is 0. The molecular formula is C18H21N3O. The molecule has 2 aromatic carbocycles. The number of nitrogens with two attached hydrogens (primary N) is 1. The molecule has 114 valence electrons. The predicted octanol–water partition coefficient (Wildman–Crippen LogP) is 3.95. The molecule has 0 aliphatic heterocycles. The van der Waals surface area contributed by atoms with Gasteiger partial charge in [0.25, 0.3) is 0 Å². The average molecular weight is 295 g/mol. The number of hydrogen-bond acceptors (Lipinski definition) is 3. The van der Waals surface area contributed by atoms with Gasteiger partial charge in [-0.1, -0.05) is 13.8 Å². The molecule has 4 nitrogen and oxygen atoms in total. The van der Waals surface area contributed by atoms with Gasteiger partial charge in [0, 0.05) is 23.9 Å². The number of nitrogen functional groups attached to an aromatic ring is 1. The van der Waals surface area contributed by atoms with Gasteiger partial charge in [0.05, 0.1) is 18.1 Å². The van der Waals surface area contributed by atoms with Crippen molar-refractivity contribution >= 4 is 16.7 Å². The fourth-order valence-electron chi connectivity index (χ4n) is 2.64. The standard InChI is InChI=1S/C18H21N3O/c1-12(2)11-21-17-9-8-15(22-3)10-16(17)20-18(21)13-4-6-14(19)7-5-13/h4-10,12H,11,19H2,1-3H3. The van der Waals surface area contributed by atoms with Crippen molar-refractivity contribution in [3.05, 3.63) is 42.5 Å². The highest BCUT2D eigenvalue weighted by atomic mass is 16.5. The van der Waals surface area contributed by atoms with Crippen molar-refractivity contribution < 1.29 is 4.74 Å². The molecule has 0 amide bonds. The molecule has 22 heavy (non-hydrogen) atoms. The van der Waals surface area contributed by atoms with E-state index in [9.17, 15) is 0 Å². The number of fused-ring (bicyclic) bond motifs is 1. The molecule has 0 unspecified atom stereocenters. The van der Waals surface area contributed by atoms with Crippen LogP contribution in [0.4, 0.5) is 5.69 Å². The lowest BCUT2D eigenvalue weighted by molar-refractivity contribution is 0.415. The SMILES string of the molecule is COc1ccc2c(c1)nc(-c1ccc(N)cc1)n2CC(C)C. The highest BCUT2D eigenvalue weighted by molar-refractivity contribution is 5.82. The largest absolute Gasteiger partial charge is 0.497 e. The van der Waals surface area contributed by atoms with Crippen LogP contribution in [-0.2, 0) is 6.54 Å². The number of hydrogen-bond donors (Lipinski definition) is 1. The van der Waals surface area contributed by atoms with Crippen LogP contribution in [0.15, 0.2) is 42.5 Å². The van der Waals surface area contributed by atoms with E-state index >= 15 is 0 Å². The molecule has 0 fully saturated rings. The molecule has 0 saturated heterocycles. The third-order valence-corrected chi connectivity index (χ3v) is 3.67. The van der Waals surface area contributed by atoms with E-state index in [1.54, 1.807) is 7.11 Å². The Balaban J connectivity index is 2.20. The van der Waals surface area contributed by atoms with Gasteiger partial charge in [-0.2, -0.15) is 0 Å². The Bertz CT molecular complexity index is 788. The first-order chi connectivity index (χ1) is 10.6. The van der Waals surface area contributed by atoms with Crippen LogP contribution in [0.25, 0.3) is 22.4 Å². The van der Waals surface area contributed by atoms with Gasteiger partial charge in [0.2, 0.25) is 0 Å². The minimum absolute atomic E-state index is 0.534. The van der Waals surface area contributed by atoms with Gasteiger partial charge >= 0.3 is 0 Å². The van der Waals surface area contributed by atoms with Crippen LogP contribution in [0.1, 0.15) is 13.8 Å². The molecule has 3 aromatic rings. The maximum Gasteiger partial charge on any atom is 0.141 e. The second-order valence-corrected chi connectivity index (χ2v) is 5.92. The summed E-state index contributed by atoms with van der Waals surface area (Å²) >= 11 is 0. The molecule has 1 aromatic heterocycles. The smallest absolute Gasteiger partial charge is 0.141 e. The van der Waals surface area contributed by atoms with Crippen molar-refractivity contribution in [2.24, 2.45) is 5.92 Å². The van der Waals surface area contributed by atoms with Gasteiger partial charge < -0.3 is 15.0 Å². The minimum atomic E-state index is 0.534. The number of rotatable bonds is 4. The lowest BCUT2D eigenvalue weighted by Crippen LogP contribution is -2.06. The molecule has 0 radical (unpaired) electrons. The Morgan fingerprint density at radius 2 is 1.86 bits per heavy atom. The number of benzene rings is 2. The summed E-state index contributed by atoms with van der Waals surface area (Å²) in [6, 6.07) is 13.9. The molecule has 0 aliphatic rings. The van der Waals surface area contributed by atoms with Gasteiger partial charge in [0.15, 0.2) is 0 Å². The second kappa shape index (κ2) is 5.72. The lowest BCUT2D eigenvalue weighted by Gasteiger charge is -2.12. The van der Waals surface area contributed by atoms with Crippen LogP contribution in [-0.4, -0.2) is 16.7 Å².